The number of hydrogen-bond acceptors (Lipinski definition) is 5. The molecule has 0 aliphatic carbocycles. The van der Waals surface area contributed by atoms with Crippen LogP contribution in [0.15, 0.2) is 18.2 Å². The van der Waals surface area contributed by atoms with E-state index in [2.05, 4.69) is 24.1 Å². The number of imide groups is 1. The zero-order valence-electron chi connectivity index (χ0n) is 21.1. The fraction of sp³-hybridized carbons (Fsp3) is 0.654. The summed E-state index contributed by atoms with van der Waals surface area (Å²) in [6.07, 6.45) is 1.83. The van der Waals surface area contributed by atoms with Crippen LogP contribution < -0.4 is 10.2 Å². The largest absolute Gasteiger partial charge is 0.372 e. The molecule has 3 saturated heterocycles. The molecular formula is C26H36ClFN4O4. The van der Waals surface area contributed by atoms with Gasteiger partial charge in [0.2, 0.25) is 5.91 Å². The number of carbonyl (C=O) groups excluding carboxylic acids is 3. The lowest BCUT2D eigenvalue weighted by Gasteiger charge is -2.39. The van der Waals surface area contributed by atoms with Crippen molar-refractivity contribution in [3.05, 3.63) is 28.8 Å². The lowest BCUT2D eigenvalue weighted by atomic mass is 10.0. The summed E-state index contributed by atoms with van der Waals surface area (Å²) in [5, 5.41) is 2.60. The van der Waals surface area contributed by atoms with Crippen molar-refractivity contribution in [2.24, 2.45) is 5.92 Å². The molecule has 2 unspecified atom stereocenters. The molecule has 0 saturated carbocycles. The number of rotatable bonds is 7. The second-order valence-electron chi connectivity index (χ2n) is 10.4. The van der Waals surface area contributed by atoms with Gasteiger partial charge in [-0.2, -0.15) is 0 Å². The van der Waals surface area contributed by atoms with Crippen molar-refractivity contribution in [3.8, 4) is 0 Å². The smallest absolute Gasteiger partial charge is 0.328 e. The molecule has 3 aliphatic heterocycles. The van der Waals surface area contributed by atoms with Crippen molar-refractivity contribution in [1.82, 2.24) is 15.1 Å². The number of amides is 4. The lowest BCUT2D eigenvalue weighted by molar-refractivity contribution is -0.120. The third kappa shape index (κ3) is 6.55. The van der Waals surface area contributed by atoms with Crippen molar-refractivity contribution in [2.75, 3.05) is 44.2 Å². The summed E-state index contributed by atoms with van der Waals surface area (Å²) in [5.74, 6) is 0.126. The van der Waals surface area contributed by atoms with Gasteiger partial charge in [0.15, 0.2) is 0 Å². The van der Waals surface area contributed by atoms with E-state index < -0.39 is 12.2 Å². The van der Waals surface area contributed by atoms with Gasteiger partial charge in [-0.3, -0.25) is 19.8 Å². The van der Waals surface area contributed by atoms with Crippen molar-refractivity contribution in [2.45, 2.75) is 64.3 Å². The van der Waals surface area contributed by atoms with Gasteiger partial charge in [-0.25, -0.2) is 9.18 Å². The number of halogens is 2. The number of nitrogens with zero attached hydrogens (tertiary/aromatic N) is 3. The monoisotopic (exact) mass is 522 g/mol. The number of hydrogen-bond donors (Lipinski definition) is 1. The van der Waals surface area contributed by atoms with Crippen LogP contribution >= 0.6 is 11.6 Å². The average Bonchev–Trinajstić information content (AvgIpc) is 2.85. The van der Waals surface area contributed by atoms with E-state index in [9.17, 15) is 18.8 Å². The van der Waals surface area contributed by atoms with Crippen molar-refractivity contribution >= 4 is 35.1 Å². The van der Waals surface area contributed by atoms with Crippen LogP contribution in [-0.2, 0) is 9.53 Å². The number of urea groups is 1. The van der Waals surface area contributed by atoms with E-state index in [1.165, 1.54) is 4.90 Å². The first kappa shape index (κ1) is 26.8. The third-order valence-electron chi connectivity index (χ3n) is 7.22. The molecule has 2 atom stereocenters. The summed E-state index contributed by atoms with van der Waals surface area (Å²) in [7, 11) is 0. The lowest BCUT2D eigenvalue weighted by Crippen LogP contribution is -2.49. The average molecular weight is 523 g/mol. The highest BCUT2D eigenvalue weighted by Crippen LogP contribution is 2.30. The van der Waals surface area contributed by atoms with Crippen molar-refractivity contribution in [3.63, 3.8) is 0 Å². The zero-order valence-corrected chi connectivity index (χ0v) is 21.8. The molecule has 198 valence electrons. The van der Waals surface area contributed by atoms with Gasteiger partial charge < -0.3 is 14.5 Å². The van der Waals surface area contributed by atoms with E-state index in [-0.39, 0.29) is 37.0 Å². The van der Waals surface area contributed by atoms with E-state index >= 15 is 0 Å². The summed E-state index contributed by atoms with van der Waals surface area (Å²) >= 11 is 6.30. The second kappa shape index (κ2) is 11.9. The maximum Gasteiger partial charge on any atom is 0.328 e. The van der Waals surface area contributed by atoms with Gasteiger partial charge in [-0.15, -0.1) is 0 Å². The number of ether oxygens (including phenoxy) is 1. The molecule has 0 radical (unpaired) electrons. The molecular weight excluding hydrogens is 487 g/mol. The minimum absolute atomic E-state index is 0.0603. The minimum Gasteiger partial charge on any atom is -0.372 e. The second-order valence-corrected chi connectivity index (χ2v) is 10.8. The van der Waals surface area contributed by atoms with E-state index in [1.54, 1.807) is 23.1 Å². The molecule has 36 heavy (non-hydrogen) atoms. The molecule has 3 heterocycles. The predicted molar refractivity (Wildman–Crippen MR) is 136 cm³/mol. The number of anilines is 1. The third-order valence-corrected chi connectivity index (χ3v) is 7.54. The highest BCUT2D eigenvalue weighted by molar-refractivity contribution is 6.34. The Bertz CT molecular complexity index is 969. The topological polar surface area (TPSA) is 82.2 Å². The number of carbonyl (C=O) groups is 3. The van der Waals surface area contributed by atoms with Crippen LogP contribution in [0.4, 0.5) is 14.9 Å². The van der Waals surface area contributed by atoms with Crippen LogP contribution in [0.5, 0.6) is 0 Å². The summed E-state index contributed by atoms with van der Waals surface area (Å²) < 4.78 is 20.9. The van der Waals surface area contributed by atoms with Gasteiger partial charge in [-0.05, 0) is 56.3 Å². The molecule has 0 aromatic heterocycles. The first-order chi connectivity index (χ1) is 17.2. The molecule has 3 aliphatic rings. The fourth-order valence-electron chi connectivity index (χ4n) is 5.01. The van der Waals surface area contributed by atoms with Crippen molar-refractivity contribution in [1.29, 1.82) is 0 Å². The van der Waals surface area contributed by atoms with Gasteiger partial charge >= 0.3 is 6.03 Å². The SMILES string of the molecule is CC(C)CCN1CCC(OC2CCN(C(=O)c3ccc(Cl)c(N4CCC(=O)NC4=O)c3)CC2)C(F)C1. The van der Waals surface area contributed by atoms with E-state index in [1.807, 2.05) is 0 Å². The molecule has 0 spiro atoms. The molecule has 4 amide bonds. The number of likely N-dealkylation sites (tertiary alicyclic amines) is 2. The van der Waals surface area contributed by atoms with Crippen molar-refractivity contribution < 1.29 is 23.5 Å². The molecule has 1 aromatic rings. The Hall–Kier alpha value is -2.23. The van der Waals surface area contributed by atoms with Gasteiger partial charge in [-0.1, -0.05) is 25.4 Å². The maximum absolute atomic E-state index is 14.8. The Labute approximate surface area is 217 Å². The van der Waals surface area contributed by atoms with Crippen LogP contribution in [0.25, 0.3) is 0 Å². The number of benzene rings is 1. The zero-order chi connectivity index (χ0) is 25.8. The van der Waals surface area contributed by atoms with Crippen LogP contribution in [0, 0.1) is 5.92 Å². The summed E-state index contributed by atoms with van der Waals surface area (Å²) in [5.41, 5.74) is 0.829. The van der Waals surface area contributed by atoms with Gasteiger partial charge in [0.05, 0.1) is 22.9 Å². The Morgan fingerprint density at radius 1 is 1.17 bits per heavy atom. The number of piperidine rings is 2. The Morgan fingerprint density at radius 3 is 2.58 bits per heavy atom. The molecule has 3 fully saturated rings. The normalized spacial score (nSPS) is 24.4. The fourth-order valence-corrected chi connectivity index (χ4v) is 5.23. The van der Waals surface area contributed by atoms with Gasteiger partial charge in [0.25, 0.3) is 5.91 Å². The Balaban J connectivity index is 1.29. The van der Waals surface area contributed by atoms with Crippen LogP contribution in [0.1, 0.15) is 56.3 Å². The van der Waals surface area contributed by atoms with Crippen LogP contribution in [0.3, 0.4) is 0 Å². The number of alkyl halides is 1. The summed E-state index contributed by atoms with van der Waals surface area (Å²) in [4.78, 5) is 42.2. The predicted octanol–water partition coefficient (Wildman–Crippen LogP) is 3.87. The molecule has 0 bridgehead atoms. The Kier molecular flexibility index (Phi) is 8.85. The highest BCUT2D eigenvalue weighted by atomic mass is 35.5. The van der Waals surface area contributed by atoms with E-state index in [0.29, 0.717) is 61.1 Å². The van der Waals surface area contributed by atoms with Crippen LogP contribution in [0.2, 0.25) is 5.02 Å². The summed E-state index contributed by atoms with van der Waals surface area (Å²) in [6, 6.07) is 4.29. The molecule has 10 heteroatoms. The number of nitrogens with one attached hydrogen (secondary N) is 1. The Morgan fingerprint density at radius 2 is 1.92 bits per heavy atom. The highest BCUT2D eigenvalue weighted by Gasteiger charge is 2.34. The summed E-state index contributed by atoms with van der Waals surface area (Å²) in [6.45, 7) is 7.82. The quantitative estimate of drug-likeness (QED) is 0.588. The molecule has 1 aromatic carbocycles. The molecule has 8 nitrogen and oxygen atoms in total. The van der Waals surface area contributed by atoms with Gasteiger partial charge in [0, 0.05) is 44.7 Å². The molecule has 4 rings (SSSR count). The van der Waals surface area contributed by atoms with E-state index in [0.717, 1.165) is 19.5 Å². The minimum atomic E-state index is -0.986. The maximum atomic E-state index is 14.8. The van der Waals surface area contributed by atoms with Crippen LogP contribution in [-0.4, -0.2) is 85.3 Å². The van der Waals surface area contributed by atoms with E-state index in [4.69, 9.17) is 16.3 Å². The molecule has 1 N–H and O–H groups in total. The van der Waals surface area contributed by atoms with Gasteiger partial charge in [0.1, 0.15) is 6.17 Å². The first-order valence-electron chi connectivity index (χ1n) is 12.9. The standard InChI is InChI=1S/C26H36ClFN4O4/c1-17(2)5-10-30-11-8-23(21(28)16-30)36-19-6-12-31(13-7-19)25(34)18-3-4-20(27)22(15-18)32-14-9-24(33)29-26(32)35/h3-4,15,17,19,21,23H,5-14,16H2,1-2H3,(H,29,33,35). The first-order valence-corrected chi connectivity index (χ1v) is 13.3.